The number of hydrogen-bond donors (Lipinski definition) is 1. The zero-order valence-electron chi connectivity index (χ0n) is 13.9. The van der Waals surface area contributed by atoms with E-state index in [-0.39, 0.29) is 0 Å². The fraction of sp³-hybridized carbons (Fsp3) is 0.421. The van der Waals surface area contributed by atoms with E-state index in [1.54, 1.807) is 0 Å². The van der Waals surface area contributed by atoms with Crippen molar-refractivity contribution in [2.75, 3.05) is 6.54 Å². The van der Waals surface area contributed by atoms with Crippen LogP contribution in [0, 0.1) is 6.92 Å². The van der Waals surface area contributed by atoms with E-state index < -0.39 is 0 Å². The van der Waals surface area contributed by atoms with Gasteiger partial charge in [-0.15, -0.1) is 0 Å². The molecule has 1 N–H and O–H groups in total. The van der Waals surface area contributed by atoms with Gasteiger partial charge in [-0.3, -0.25) is 0 Å². The molecule has 0 fully saturated rings. The Bertz CT molecular complexity index is 707. The molecule has 0 saturated carbocycles. The van der Waals surface area contributed by atoms with Gasteiger partial charge in [0.25, 0.3) is 0 Å². The lowest BCUT2D eigenvalue weighted by Gasteiger charge is -2.24. The molecule has 1 aliphatic rings. The Hall–Kier alpha value is -1.29. The van der Waals surface area contributed by atoms with Crippen LogP contribution in [0.15, 0.2) is 36.4 Å². The van der Waals surface area contributed by atoms with Crippen molar-refractivity contribution in [1.82, 2.24) is 14.9 Å². The molecule has 0 saturated heterocycles. The third-order valence-electron chi connectivity index (χ3n) is 4.61. The average Bonchev–Trinajstić information content (AvgIpc) is 2.85. The summed E-state index contributed by atoms with van der Waals surface area (Å²) in [6, 6.07) is 11.2. The highest BCUT2D eigenvalue weighted by molar-refractivity contribution is 6.40. The number of unbranched alkanes of at least 4 members (excludes halogenated alkanes) is 1. The normalized spacial score (nSPS) is 17.8. The van der Waals surface area contributed by atoms with E-state index in [0.717, 1.165) is 38.2 Å². The van der Waals surface area contributed by atoms with Crippen molar-refractivity contribution < 1.29 is 0 Å². The van der Waals surface area contributed by atoms with Crippen LogP contribution in [0.25, 0.3) is 5.57 Å². The molecule has 0 radical (unpaired) electrons. The van der Waals surface area contributed by atoms with Crippen molar-refractivity contribution in [2.24, 2.45) is 0 Å². The molecule has 1 aromatic heterocycles. The maximum atomic E-state index is 6.18. The molecule has 0 spiro atoms. The third-order valence-corrected chi connectivity index (χ3v) is 5.35. The lowest BCUT2D eigenvalue weighted by atomic mass is 9.93. The Balaban J connectivity index is 1.47. The largest absolute Gasteiger partial charge is 0.318 e. The number of halogens is 2. The first-order valence-corrected chi connectivity index (χ1v) is 9.26. The predicted octanol–water partition coefficient (Wildman–Crippen LogP) is 5.11. The number of nitrogens with zero attached hydrogens (tertiary/aromatic N) is 2. The molecule has 24 heavy (non-hydrogen) atoms. The molecule has 2 heterocycles. The van der Waals surface area contributed by atoms with E-state index in [9.17, 15) is 0 Å². The summed E-state index contributed by atoms with van der Waals surface area (Å²) in [7, 11) is 0. The van der Waals surface area contributed by atoms with Crippen LogP contribution in [0.2, 0.25) is 10.3 Å². The van der Waals surface area contributed by atoms with Crippen LogP contribution in [-0.4, -0.2) is 22.1 Å². The number of aryl methyl sites for hydroxylation is 1. The zero-order valence-corrected chi connectivity index (χ0v) is 15.4. The van der Waals surface area contributed by atoms with Crippen LogP contribution in [0.4, 0.5) is 0 Å². The highest BCUT2D eigenvalue weighted by Gasteiger charge is 2.16. The van der Waals surface area contributed by atoms with Gasteiger partial charge in [-0.1, -0.05) is 66.0 Å². The van der Waals surface area contributed by atoms with Crippen molar-refractivity contribution >= 4 is 28.8 Å². The molecular weight excluding hydrogens is 341 g/mol. The molecule has 1 atom stereocenters. The second kappa shape index (κ2) is 8.19. The Morgan fingerprint density at radius 3 is 2.71 bits per heavy atom. The Kier molecular flexibility index (Phi) is 5.99. The molecule has 1 aromatic carbocycles. The average molecular weight is 364 g/mol. The Labute approximate surface area is 153 Å². The molecule has 128 valence electrons. The minimum atomic E-state index is 0.403. The van der Waals surface area contributed by atoms with E-state index in [1.807, 2.05) is 11.5 Å². The quantitative estimate of drug-likeness (QED) is 0.722. The summed E-state index contributed by atoms with van der Waals surface area (Å²) in [5, 5.41) is 4.56. The molecule has 0 amide bonds. The van der Waals surface area contributed by atoms with Gasteiger partial charge in [-0.25, -0.2) is 4.98 Å². The van der Waals surface area contributed by atoms with Crippen molar-refractivity contribution in [3.05, 3.63) is 58.1 Å². The van der Waals surface area contributed by atoms with Crippen molar-refractivity contribution in [3.8, 4) is 0 Å². The molecule has 1 unspecified atom stereocenters. The minimum absolute atomic E-state index is 0.403. The van der Waals surface area contributed by atoms with E-state index in [0.29, 0.717) is 16.3 Å². The van der Waals surface area contributed by atoms with Crippen molar-refractivity contribution in [3.63, 3.8) is 0 Å². The van der Waals surface area contributed by atoms with Crippen LogP contribution >= 0.6 is 23.2 Å². The second-order valence-corrected chi connectivity index (χ2v) is 7.01. The van der Waals surface area contributed by atoms with Gasteiger partial charge in [-0.2, -0.15) is 0 Å². The summed E-state index contributed by atoms with van der Waals surface area (Å²) in [4.78, 5) is 4.20. The fourth-order valence-corrected chi connectivity index (χ4v) is 3.76. The summed E-state index contributed by atoms with van der Waals surface area (Å²) < 4.78 is 1.99. The standard InChI is InChI=1S/C19H23Cl2N3/c1-14-23-18(20)19(21)24(14)12-6-5-9-17-13-16(10-11-22-17)15-7-3-2-4-8-15/h2-4,7-8,10,17,22H,5-6,9,11-13H2,1H3. The van der Waals surface area contributed by atoms with Crippen molar-refractivity contribution in [1.29, 1.82) is 0 Å². The summed E-state index contributed by atoms with van der Waals surface area (Å²) in [6.45, 7) is 3.77. The van der Waals surface area contributed by atoms with Crippen LogP contribution in [0.3, 0.4) is 0 Å². The van der Waals surface area contributed by atoms with E-state index in [2.05, 4.69) is 46.7 Å². The van der Waals surface area contributed by atoms with Gasteiger partial charge in [0, 0.05) is 19.1 Å². The predicted molar refractivity (Wildman–Crippen MR) is 102 cm³/mol. The summed E-state index contributed by atoms with van der Waals surface area (Å²) in [6.07, 6.45) is 6.81. The lowest BCUT2D eigenvalue weighted by molar-refractivity contribution is 0.463. The monoisotopic (exact) mass is 363 g/mol. The maximum Gasteiger partial charge on any atom is 0.166 e. The topological polar surface area (TPSA) is 29.9 Å². The first-order valence-electron chi connectivity index (χ1n) is 8.51. The molecule has 3 rings (SSSR count). The molecule has 0 aliphatic carbocycles. The summed E-state index contributed by atoms with van der Waals surface area (Å²) in [5.41, 5.74) is 2.80. The SMILES string of the molecule is Cc1nc(Cl)c(Cl)n1CCCCC1CC(c2ccccc2)=CCN1. The van der Waals surface area contributed by atoms with Crippen LogP contribution in [0.1, 0.15) is 37.1 Å². The Morgan fingerprint density at radius 2 is 2.00 bits per heavy atom. The van der Waals surface area contributed by atoms with E-state index in [4.69, 9.17) is 23.2 Å². The first kappa shape index (κ1) is 17.5. The maximum absolute atomic E-state index is 6.18. The van der Waals surface area contributed by atoms with Crippen molar-refractivity contribution in [2.45, 2.75) is 45.2 Å². The molecule has 1 aliphatic heterocycles. The molecular formula is C19H23Cl2N3. The summed E-state index contributed by atoms with van der Waals surface area (Å²) in [5.74, 6) is 0.884. The van der Waals surface area contributed by atoms with Gasteiger partial charge in [-0.05, 0) is 37.3 Å². The van der Waals surface area contributed by atoms with E-state index in [1.165, 1.54) is 17.6 Å². The highest BCUT2D eigenvalue weighted by Crippen LogP contribution is 2.25. The number of hydrogen-bond acceptors (Lipinski definition) is 2. The number of nitrogens with one attached hydrogen (secondary N) is 1. The van der Waals surface area contributed by atoms with E-state index >= 15 is 0 Å². The number of imidazole rings is 1. The molecule has 5 heteroatoms. The number of aromatic nitrogens is 2. The van der Waals surface area contributed by atoms with Crippen LogP contribution in [-0.2, 0) is 6.54 Å². The van der Waals surface area contributed by atoms with Gasteiger partial charge >= 0.3 is 0 Å². The van der Waals surface area contributed by atoms with Gasteiger partial charge < -0.3 is 9.88 Å². The highest BCUT2D eigenvalue weighted by atomic mass is 35.5. The van der Waals surface area contributed by atoms with Gasteiger partial charge in [0.05, 0.1) is 0 Å². The van der Waals surface area contributed by atoms with Gasteiger partial charge in [0.15, 0.2) is 5.15 Å². The molecule has 2 aromatic rings. The Morgan fingerprint density at radius 1 is 1.21 bits per heavy atom. The minimum Gasteiger partial charge on any atom is -0.318 e. The zero-order chi connectivity index (χ0) is 16.9. The third kappa shape index (κ3) is 4.21. The van der Waals surface area contributed by atoms with Crippen LogP contribution < -0.4 is 5.32 Å². The second-order valence-electron chi connectivity index (χ2n) is 6.29. The number of benzene rings is 1. The van der Waals surface area contributed by atoms with Crippen LogP contribution in [0.5, 0.6) is 0 Å². The molecule has 0 bridgehead atoms. The number of rotatable bonds is 6. The molecule has 3 nitrogen and oxygen atoms in total. The fourth-order valence-electron chi connectivity index (χ4n) is 3.28. The van der Waals surface area contributed by atoms with Gasteiger partial charge in [0.1, 0.15) is 11.0 Å². The first-order chi connectivity index (χ1) is 11.6. The lowest BCUT2D eigenvalue weighted by Crippen LogP contribution is -2.32. The smallest absolute Gasteiger partial charge is 0.166 e. The summed E-state index contributed by atoms with van der Waals surface area (Å²) >= 11 is 12.1. The van der Waals surface area contributed by atoms with Gasteiger partial charge in [0.2, 0.25) is 0 Å².